The molecule has 1 aromatic carbocycles. The fraction of sp³-hybridized carbons (Fsp3) is 0.500. The second-order valence-corrected chi connectivity index (χ2v) is 6.18. The van der Waals surface area contributed by atoms with Gasteiger partial charge in [-0.2, -0.15) is 0 Å². The van der Waals surface area contributed by atoms with E-state index >= 15 is 0 Å². The highest BCUT2D eigenvalue weighted by Crippen LogP contribution is 2.31. The van der Waals surface area contributed by atoms with E-state index in [0.29, 0.717) is 11.0 Å². The number of aliphatic hydroxyl groups is 1. The summed E-state index contributed by atoms with van der Waals surface area (Å²) >= 11 is 8.55. The van der Waals surface area contributed by atoms with Gasteiger partial charge >= 0.3 is 0 Å². The van der Waals surface area contributed by atoms with Gasteiger partial charge in [0, 0.05) is 34.9 Å². The molecule has 0 spiro atoms. The van der Waals surface area contributed by atoms with Crippen LogP contribution in [0.3, 0.4) is 0 Å². The van der Waals surface area contributed by atoms with Crippen LogP contribution in [0.25, 0.3) is 0 Å². The van der Waals surface area contributed by atoms with Crippen molar-refractivity contribution in [2.45, 2.75) is 31.7 Å². The van der Waals surface area contributed by atoms with E-state index in [4.69, 9.17) is 23.1 Å². The maximum Gasteiger partial charge on any atom is 0.105 e. The number of nitrogens with zero attached hydrogens (tertiary/aromatic N) is 1. The van der Waals surface area contributed by atoms with Gasteiger partial charge in [0.05, 0.1) is 0 Å². The summed E-state index contributed by atoms with van der Waals surface area (Å²) < 4.78 is 0.949. The molecule has 3 nitrogen and oxygen atoms in total. The van der Waals surface area contributed by atoms with Crippen LogP contribution < -0.4 is 10.6 Å². The zero-order valence-electron chi connectivity index (χ0n) is 10.8. The Labute approximate surface area is 127 Å². The van der Waals surface area contributed by atoms with E-state index in [1.807, 2.05) is 6.07 Å². The number of halogens is 1. The van der Waals surface area contributed by atoms with Crippen LogP contribution in [-0.4, -0.2) is 29.3 Å². The van der Waals surface area contributed by atoms with Crippen molar-refractivity contribution in [3.05, 3.63) is 28.2 Å². The number of thiocarbonyl (C=S) groups is 1. The van der Waals surface area contributed by atoms with E-state index in [9.17, 15) is 0 Å². The number of anilines is 1. The molecule has 1 unspecified atom stereocenters. The molecule has 1 atom stereocenters. The molecule has 5 heteroatoms. The van der Waals surface area contributed by atoms with E-state index in [-0.39, 0.29) is 6.61 Å². The predicted octanol–water partition coefficient (Wildman–Crippen LogP) is 2.82. The summed E-state index contributed by atoms with van der Waals surface area (Å²) in [6.07, 6.45) is 4.33. The summed E-state index contributed by atoms with van der Waals surface area (Å²) in [7, 11) is 0. The first-order valence-electron chi connectivity index (χ1n) is 6.60. The van der Waals surface area contributed by atoms with Gasteiger partial charge in [0.2, 0.25) is 0 Å². The van der Waals surface area contributed by atoms with Crippen LogP contribution in [0.1, 0.15) is 31.2 Å². The average molecular weight is 343 g/mol. The lowest BCUT2D eigenvalue weighted by atomic mass is 10.1. The average Bonchev–Trinajstić information content (AvgIpc) is 2.83. The van der Waals surface area contributed by atoms with Crippen LogP contribution in [0.4, 0.5) is 5.69 Å². The third-order valence-electron chi connectivity index (χ3n) is 3.62. The number of hydrogen-bond acceptors (Lipinski definition) is 3. The van der Waals surface area contributed by atoms with Crippen molar-refractivity contribution in [3.8, 4) is 0 Å². The highest BCUT2D eigenvalue weighted by molar-refractivity contribution is 9.10. The van der Waals surface area contributed by atoms with Crippen molar-refractivity contribution in [2.24, 2.45) is 5.73 Å². The van der Waals surface area contributed by atoms with Gasteiger partial charge in [0.1, 0.15) is 4.99 Å². The van der Waals surface area contributed by atoms with Gasteiger partial charge in [0.25, 0.3) is 0 Å². The van der Waals surface area contributed by atoms with E-state index in [1.54, 1.807) is 0 Å². The summed E-state index contributed by atoms with van der Waals surface area (Å²) in [6, 6.07) is 6.68. The second-order valence-electron chi connectivity index (χ2n) is 4.88. The minimum absolute atomic E-state index is 0.272. The fourth-order valence-electron chi connectivity index (χ4n) is 2.69. The van der Waals surface area contributed by atoms with Crippen LogP contribution in [0.5, 0.6) is 0 Å². The van der Waals surface area contributed by atoms with Crippen LogP contribution in [-0.2, 0) is 0 Å². The smallest absolute Gasteiger partial charge is 0.105 e. The highest BCUT2D eigenvalue weighted by Gasteiger charge is 2.24. The molecule has 1 aliphatic rings. The number of rotatable bonds is 5. The van der Waals surface area contributed by atoms with Crippen LogP contribution in [0, 0.1) is 0 Å². The molecule has 104 valence electrons. The van der Waals surface area contributed by atoms with Gasteiger partial charge in [-0.15, -0.1) is 0 Å². The summed E-state index contributed by atoms with van der Waals surface area (Å²) in [5.41, 5.74) is 7.75. The molecular weight excluding hydrogens is 324 g/mol. The van der Waals surface area contributed by atoms with Crippen molar-refractivity contribution >= 4 is 38.8 Å². The van der Waals surface area contributed by atoms with Gasteiger partial charge in [-0.3, -0.25) is 0 Å². The maximum atomic E-state index is 8.97. The number of nitrogens with two attached hydrogens (primary N) is 1. The Morgan fingerprint density at radius 2 is 2.32 bits per heavy atom. The van der Waals surface area contributed by atoms with Crippen molar-refractivity contribution in [2.75, 3.05) is 18.1 Å². The van der Waals surface area contributed by atoms with Crippen LogP contribution in [0.15, 0.2) is 22.7 Å². The zero-order valence-corrected chi connectivity index (χ0v) is 13.2. The lowest BCUT2D eigenvalue weighted by Gasteiger charge is -2.27. The third-order valence-corrected chi connectivity index (χ3v) is 4.50. The second kappa shape index (κ2) is 6.68. The molecule has 0 radical (unpaired) electrons. The minimum Gasteiger partial charge on any atom is -0.396 e. The number of hydrogen-bond donors (Lipinski definition) is 2. The third kappa shape index (κ3) is 3.46. The Balaban J connectivity index is 2.16. The molecule has 0 aliphatic carbocycles. The van der Waals surface area contributed by atoms with Crippen LogP contribution >= 0.6 is 28.1 Å². The van der Waals surface area contributed by atoms with Crippen molar-refractivity contribution in [3.63, 3.8) is 0 Å². The van der Waals surface area contributed by atoms with Gasteiger partial charge in [0.15, 0.2) is 0 Å². The molecule has 1 aliphatic heterocycles. The quantitative estimate of drug-likeness (QED) is 0.808. The normalized spacial score (nSPS) is 18.8. The van der Waals surface area contributed by atoms with Crippen LogP contribution in [0.2, 0.25) is 0 Å². The maximum absolute atomic E-state index is 8.97. The molecule has 1 fully saturated rings. The van der Waals surface area contributed by atoms with Gasteiger partial charge in [-0.05, 0) is 59.8 Å². The zero-order chi connectivity index (χ0) is 13.8. The first-order valence-corrected chi connectivity index (χ1v) is 7.80. The topological polar surface area (TPSA) is 49.5 Å². The Hall–Kier alpha value is -0.650. The molecule has 0 saturated carbocycles. The summed E-state index contributed by atoms with van der Waals surface area (Å²) in [5.74, 6) is 0. The van der Waals surface area contributed by atoms with E-state index < -0.39 is 0 Å². The van der Waals surface area contributed by atoms with Crippen molar-refractivity contribution < 1.29 is 5.11 Å². The highest BCUT2D eigenvalue weighted by atomic mass is 79.9. The summed E-state index contributed by atoms with van der Waals surface area (Å²) in [5, 5.41) is 8.97. The monoisotopic (exact) mass is 342 g/mol. The Kier molecular flexibility index (Phi) is 5.19. The standard InChI is InChI=1S/C14H19BrN2OS/c15-13-9-11(5-6-12(13)14(16)19)17-7-1-3-10(17)4-2-8-18/h5-6,9-10,18H,1-4,7-8H2,(H2,16,19). The Bertz CT molecular complexity index is 467. The molecule has 0 aromatic heterocycles. The lowest BCUT2D eigenvalue weighted by Crippen LogP contribution is -2.29. The molecule has 1 saturated heterocycles. The van der Waals surface area contributed by atoms with Gasteiger partial charge < -0.3 is 15.7 Å². The van der Waals surface area contributed by atoms with E-state index in [2.05, 4.69) is 33.0 Å². The van der Waals surface area contributed by atoms with E-state index in [0.717, 1.165) is 29.4 Å². The molecule has 1 aromatic rings. The van der Waals surface area contributed by atoms with Gasteiger partial charge in [-0.25, -0.2) is 0 Å². The SMILES string of the molecule is NC(=S)c1ccc(N2CCCC2CCCO)cc1Br. The number of aliphatic hydroxyl groups excluding tert-OH is 1. The Morgan fingerprint density at radius 1 is 1.53 bits per heavy atom. The summed E-state index contributed by atoms with van der Waals surface area (Å²) in [4.78, 5) is 2.83. The van der Waals surface area contributed by atoms with Gasteiger partial charge in [-0.1, -0.05) is 12.2 Å². The molecule has 2 rings (SSSR count). The number of benzene rings is 1. The van der Waals surface area contributed by atoms with Crippen molar-refractivity contribution in [1.29, 1.82) is 0 Å². The molecule has 0 amide bonds. The summed E-state index contributed by atoms with van der Waals surface area (Å²) in [6.45, 7) is 1.35. The minimum atomic E-state index is 0.272. The first-order chi connectivity index (χ1) is 9.13. The van der Waals surface area contributed by atoms with E-state index in [1.165, 1.54) is 18.5 Å². The predicted molar refractivity (Wildman–Crippen MR) is 86.7 cm³/mol. The largest absolute Gasteiger partial charge is 0.396 e. The molecule has 1 heterocycles. The van der Waals surface area contributed by atoms with Crippen molar-refractivity contribution in [1.82, 2.24) is 0 Å². The fourth-order valence-corrected chi connectivity index (χ4v) is 3.57. The molecular formula is C14H19BrN2OS. The first kappa shape index (κ1) is 14.8. The molecule has 19 heavy (non-hydrogen) atoms. The lowest BCUT2D eigenvalue weighted by molar-refractivity contribution is 0.279. The molecule has 0 bridgehead atoms. The molecule has 3 N–H and O–H groups in total. The Morgan fingerprint density at radius 3 is 2.95 bits per heavy atom.